The first-order chi connectivity index (χ1) is 6.54. The van der Waals surface area contributed by atoms with Gasteiger partial charge in [0.05, 0.1) is 19.6 Å². The molecule has 78 valence electrons. The lowest BCUT2D eigenvalue weighted by Gasteiger charge is -2.08. The summed E-state index contributed by atoms with van der Waals surface area (Å²) in [4.78, 5) is 14.0. The second-order valence-corrected chi connectivity index (χ2v) is 3.33. The summed E-state index contributed by atoms with van der Waals surface area (Å²) in [5, 5.41) is 9.70. The maximum absolute atomic E-state index is 10.9. The van der Waals surface area contributed by atoms with E-state index in [1.165, 1.54) is 7.11 Å². The molecule has 0 radical (unpaired) electrons. The molecular weight excluding hydrogens is 182 g/mol. The summed E-state index contributed by atoms with van der Waals surface area (Å²) in [6, 6.07) is 1.84. The number of hydrogen-bond donors (Lipinski definition) is 2. The van der Waals surface area contributed by atoms with Crippen LogP contribution in [0, 0.1) is 13.8 Å². The van der Waals surface area contributed by atoms with Crippen molar-refractivity contribution in [1.29, 1.82) is 0 Å². The molecule has 0 fully saturated rings. The highest BCUT2D eigenvalue weighted by Gasteiger charge is 2.16. The lowest BCUT2D eigenvalue weighted by Crippen LogP contribution is -2.08. The number of aliphatic hydroxyl groups is 1. The van der Waals surface area contributed by atoms with Gasteiger partial charge in [0.15, 0.2) is 0 Å². The van der Waals surface area contributed by atoms with E-state index in [-0.39, 0.29) is 6.42 Å². The number of carbonyl (C=O) groups is 1. The number of aryl methyl sites for hydroxylation is 2. The minimum Gasteiger partial charge on any atom is -0.469 e. The minimum atomic E-state index is -0.785. The Balaban J connectivity index is 2.73. The van der Waals surface area contributed by atoms with E-state index in [4.69, 9.17) is 0 Å². The van der Waals surface area contributed by atoms with Crippen molar-refractivity contribution in [2.75, 3.05) is 7.11 Å². The third-order valence-corrected chi connectivity index (χ3v) is 2.14. The smallest absolute Gasteiger partial charge is 0.308 e. The first-order valence-electron chi connectivity index (χ1n) is 4.45. The van der Waals surface area contributed by atoms with Crippen molar-refractivity contribution in [2.45, 2.75) is 26.4 Å². The molecule has 0 aliphatic carbocycles. The average molecular weight is 197 g/mol. The third-order valence-electron chi connectivity index (χ3n) is 2.14. The van der Waals surface area contributed by atoms with Crippen LogP contribution in [0.15, 0.2) is 6.07 Å². The number of methoxy groups -OCH3 is 1. The van der Waals surface area contributed by atoms with Gasteiger partial charge < -0.3 is 14.8 Å². The highest BCUT2D eigenvalue weighted by molar-refractivity contribution is 5.70. The van der Waals surface area contributed by atoms with E-state index in [1.54, 1.807) is 0 Å². The molecule has 0 aromatic carbocycles. The molecule has 1 rings (SSSR count). The molecule has 0 saturated carbocycles. The predicted molar refractivity (Wildman–Crippen MR) is 51.9 cm³/mol. The van der Waals surface area contributed by atoms with Gasteiger partial charge in [0.25, 0.3) is 0 Å². The second kappa shape index (κ2) is 4.28. The fraction of sp³-hybridized carbons (Fsp3) is 0.500. The molecule has 0 unspecified atom stereocenters. The number of rotatable bonds is 3. The molecule has 0 spiro atoms. The third kappa shape index (κ3) is 2.35. The largest absolute Gasteiger partial charge is 0.469 e. The van der Waals surface area contributed by atoms with Crippen LogP contribution in [0.4, 0.5) is 0 Å². The molecule has 4 heteroatoms. The van der Waals surface area contributed by atoms with Gasteiger partial charge in [-0.2, -0.15) is 0 Å². The van der Waals surface area contributed by atoms with Gasteiger partial charge >= 0.3 is 5.97 Å². The molecule has 0 bridgehead atoms. The number of aromatic nitrogens is 1. The van der Waals surface area contributed by atoms with Gasteiger partial charge in [-0.1, -0.05) is 0 Å². The summed E-state index contributed by atoms with van der Waals surface area (Å²) in [6.45, 7) is 3.77. The van der Waals surface area contributed by atoms with Crippen LogP contribution in [0.25, 0.3) is 0 Å². The number of carbonyl (C=O) groups excluding carboxylic acids is 1. The molecule has 0 aliphatic heterocycles. The zero-order valence-corrected chi connectivity index (χ0v) is 8.63. The maximum atomic E-state index is 10.9. The Kier molecular flexibility index (Phi) is 3.30. The molecule has 0 amide bonds. The van der Waals surface area contributed by atoms with Crippen LogP contribution in [-0.4, -0.2) is 23.2 Å². The van der Waals surface area contributed by atoms with Crippen molar-refractivity contribution in [3.63, 3.8) is 0 Å². The van der Waals surface area contributed by atoms with Gasteiger partial charge in [-0.3, -0.25) is 4.79 Å². The molecule has 0 saturated heterocycles. The highest BCUT2D eigenvalue weighted by atomic mass is 16.5. The quantitative estimate of drug-likeness (QED) is 0.716. The molecule has 1 aromatic rings. The van der Waals surface area contributed by atoms with Crippen LogP contribution < -0.4 is 0 Å². The molecule has 14 heavy (non-hydrogen) atoms. The topological polar surface area (TPSA) is 62.3 Å². The molecule has 0 aliphatic rings. The van der Waals surface area contributed by atoms with Crippen molar-refractivity contribution in [2.24, 2.45) is 0 Å². The standard InChI is InChI=1S/C10H15NO3/c1-6-4-8(7(2)11-6)9(12)5-10(13)14-3/h4,9,11-12H,5H2,1-3H3/t9-/m0/s1. The molecular formula is C10H15NO3. The molecule has 1 aromatic heterocycles. The summed E-state index contributed by atoms with van der Waals surface area (Å²) in [5.74, 6) is -0.407. The normalized spacial score (nSPS) is 12.6. The van der Waals surface area contributed by atoms with Crippen LogP contribution in [0.2, 0.25) is 0 Å². The Morgan fingerprint density at radius 1 is 1.64 bits per heavy atom. The van der Waals surface area contributed by atoms with Gasteiger partial charge in [0.1, 0.15) is 0 Å². The van der Waals surface area contributed by atoms with Crippen molar-refractivity contribution >= 4 is 5.97 Å². The first kappa shape index (κ1) is 10.8. The fourth-order valence-corrected chi connectivity index (χ4v) is 1.44. The van der Waals surface area contributed by atoms with Crippen molar-refractivity contribution < 1.29 is 14.6 Å². The number of hydrogen-bond acceptors (Lipinski definition) is 3. The van der Waals surface area contributed by atoms with Gasteiger partial charge in [-0.05, 0) is 19.9 Å². The number of H-pyrrole nitrogens is 1. The first-order valence-corrected chi connectivity index (χ1v) is 4.45. The zero-order chi connectivity index (χ0) is 10.7. The molecule has 1 heterocycles. The van der Waals surface area contributed by atoms with Gasteiger partial charge in [-0.25, -0.2) is 0 Å². The average Bonchev–Trinajstić information content (AvgIpc) is 2.45. The monoisotopic (exact) mass is 197 g/mol. The summed E-state index contributed by atoms with van der Waals surface area (Å²) in [7, 11) is 1.31. The number of ether oxygens (including phenoxy) is 1. The summed E-state index contributed by atoms with van der Waals surface area (Å²) < 4.78 is 4.48. The van der Waals surface area contributed by atoms with Crippen LogP contribution in [0.5, 0.6) is 0 Å². The predicted octanol–water partition coefficient (Wildman–Crippen LogP) is 1.23. The van der Waals surface area contributed by atoms with E-state index in [2.05, 4.69) is 9.72 Å². The van der Waals surface area contributed by atoms with Crippen LogP contribution in [-0.2, 0) is 9.53 Å². The van der Waals surface area contributed by atoms with E-state index in [0.717, 1.165) is 17.0 Å². The number of nitrogens with one attached hydrogen (secondary N) is 1. The second-order valence-electron chi connectivity index (χ2n) is 3.33. The fourth-order valence-electron chi connectivity index (χ4n) is 1.44. The number of aliphatic hydroxyl groups excluding tert-OH is 1. The van der Waals surface area contributed by atoms with Gasteiger partial charge in [0.2, 0.25) is 0 Å². The van der Waals surface area contributed by atoms with Crippen molar-refractivity contribution in [3.8, 4) is 0 Å². The molecule has 4 nitrogen and oxygen atoms in total. The van der Waals surface area contributed by atoms with Crippen molar-refractivity contribution in [1.82, 2.24) is 4.98 Å². The van der Waals surface area contributed by atoms with E-state index in [1.807, 2.05) is 19.9 Å². The zero-order valence-electron chi connectivity index (χ0n) is 8.63. The highest BCUT2D eigenvalue weighted by Crippen LogP contribution is 2.21. The van der Waals surface area contributed by atoms with Gasteiger partial charge in [0, 0.05) is 17.0 Å². The van der Waals surface area contributed by atoms with Crippen LogP contribution in [0.3, 0.4) is 0 Å². The summed E-state index contributed by atoms with van der Waals surface area (Å²) in [6.07, 6.45) is -0.790. The van der Waals surface area contributed by atoms with Gasteiger partial charge in [-0.15, -0.1) is 0 Å². The Hall–Kier alpha value is -1.29. The van der Waals surface area contributed by atoms with Crippen LogP contribution >= 0.6 is 0 Å². The number of esters is 1. The molecule has 2 N–H and O–H groups in total. The minimum absolute atomic E-state index is 0.00532. The maximum Gasteiger partial charge on any atom is 0.308 e. The van der Waals surface area contributed by atoms with Crippen molar-refractivity contribution in [3.05, 3.63) is 23.0 Å². The lowest BCUT2D eigenvalue weighted by atomic mass is 10.1. The SMILES string of the molecule is COC(=O)C[C@H](O)c1cc(C)[nH]c1C. The number of aromatic amines is 1. The lowest BCUT2D eigenvalue weighted by molar-refractivity contribution is -0.142. The van der Waals surface area contributed by atoms with E-state index in [9.17, 15) is 9.90 Å². The summed E-state index contributed by atoms with van der Waals surface area (Å²) >= 11 is 0. The summed E-state index contributed by atoms with van der Waals surface area (Å²) in [5.41, 5.74) is 2.62. The van der Waals surface area contributed by atoms with E-state index >= 15 is 0 Å². The Morgan fingerprint density at radius 3 is 2.71 bits per heavy atom. The van der Waals surface area contributed by atoms with E-state index in [0.29, 0.717) is 0 Å². The Labute approximate surface area is 82.9 Å². The molecule has 1 atom stereocenters. The Bertz CT molecular complexity index is 330. The Morgan fingerprint density at radius 2 is 2.29 bits per heavy atom. The van der Waals surface area contributed by atoms with Crippen LogP contribution in [0.1, 0.15) is 29.5 Å². The van der Waals surface area contributed by atoms with E-state index < -0.39 is 12.1 Å².